The normalized spacial score (nSPS) is 14.2. The Hall–Kier alpha value is -1.13. The van der Waals surface area contributed by atoms with Gasteiger partial charge in [0.05, 0.1) is 9.95 Å². The van der Waals surface area contributed by atoms with E-state index in [2.05, 4.69) is 19.2 Å². The zero-order valence-corrected chi connectivity index (χ0v) is 11.7. The van der Waals surface area contributed by atoms with Gasteiger partial charge in [-0.25, -0.2) is 0 Å². The number of halogens is 1. The van der Waals surface area contributed by atoms with E-state index in [1.165, 1.54) is 6.07 Å². The van der Waals surface area contributed by atoms with E-state index in [-0.39, 0.29) is 10.6 Å². The van der Waals surface area contributed by atoms with E-state index in [0.717, 1.165) is 6.42 Å². The summed E-state index contributed by atoms with van der Waals surface area (Å²) in [5.74, 6) is 0.290. The summed E-state index contributed by atoms with van der Waals surface area (Å²) in [7, 11) is 1.91. The van der Waals surface area contributed by atoms with Crippen LogP contribution < -0.4 is 5.32 Å². The molecule has 4 nitrogen and oxygen atoms in total. The fourth-order valence-electron chi connectivity index (χ4n) is 2.28. The Morgan fingerprint density at radius 2 is 2.17 bits per heavy atom. The average Bonchev–Trinajstić information content (AvgIpc) is 2.33. The maximum Gasteiger partial charge on any atom is 0.274 e. The van der Waals surface area contributed by atoms with Crippen LogP contribution in [-0.2, 0) is 6.42 Å². The third-order valence-corrected chi connectivity index (χ3v) is 3.67. The van der Waals surface area contributed by atoms with Gasteiger partial charge in [-0.2, -0.15) is 0 Å². The molecule has 0 heterocycles. The highest BCUT2D eigenvalue weighted by Crippen LogP contribution is 2.29. The number of benzene rings is 1. The van der Waals surface area contributed by atoms with Crippen molar-refractivity contribution < 1.29 is 4.92 Å². The molecule has 0 saturated carbocycles. The van der Waals surface area contributed by atoms with Gasteiger partial charge in [0.1, 0.15) is 0 Å². The molecule has 5 heteroatoms. The third kappa shape index (κ3) is 3.43. The van der Waals surface area contributed by atoms with Crippen LogP contribution in [0.2, 0.25) is 5.02 Å². The van der Waals surface area contributed by atoms with Crippen LogP contribution in [0.5, 0.6) is 0 Å². The van der Waals surface area contributed by atoms with Crippen molar-refractivity contribution in [1.82, 2.24) is 5.32 Å². The highest BCUT2D eigenvalue weighted by Gasteiger charge is 2.21. The molecule has 0 amide bonds. The van der Waals surface area contributed by atoms with Gasteiger partial charge in [-0.3, -0.25) is 10.1 Å². The predicted molar refractivity (Wildman–Crippen MR) is 74.1 cm³/mol. The number of nitrogens with zero attached hydrogens (tertiary/aromatic N) is 1. The van der Waals surface area contributed by atoms with Crippen molar-refractivity contribution in [3.63, 3.8) is 0 Å². The quantitative estimate of drug-likeness (QED) is 0.636. The lowest BCUT2D eigenvalue weighted by molar-refractivity contribution is -0.385. The summed E-state index contributed by atoms with van der Waals surface area (Å²) in [6, 6.07) is 5.16. The first-order valence-electron chi connectivity index (χ1n) is 6.10. The van der Waals surface area contributed by atoms with E-state index in [0.29, 0.717) is 29.0 Å². The van der Waals surface area contributed by atoms with Crippen LogP contribution >= 0.6 is 11.6 Å². The van der Waals surface area contributed by atoms with Crippen molar-refractivity contribution in [2.45, 2.75) is 32.7 Å². The minimum absolute atomic E-state index is 0.111. The number of nitro benzene ring substituents is 1. The lowest BCUT2D eigenvalue weighted by atomic mass is 9.91. The van der Waals surface area contributed by atoms with E-state index in [4.69, 9.17) is 11.6 Å². The van der Waals surface area contributed by atoms with Crippen molar-refractivity contribution in [3.05, 3.63) is 38.9 Å². The van der Waals surface area contributed by atoms with Crippen LogP contribution in [0, 0.1) is 16.0 Å². The molecule has 100 valence electrons. The van der Waals surface area contributed by atoms with Gasteiger partial charge in [0.2, 0.25) is 0 Å². The van der Waals surface area contributed by atoms with Gasteiger partial charge in [0, 0.05) is 17.7 Å². The Morgan fingerprint density at radius 3 is 2.67 bits per heavy atom. The van der Waals surface area contributed by atoms with Crippen LogP contribution in [0.3, 0.4) is 0 Å². The first-order chi connectivity index (χ1) is 8.51. The first-order valence-corrected chi connectivity index (χ1v) is 6.48. The molecule has 0 saturated heterocycles. The molecule has 0 spiro atoms. The Kier molecular flexibility index (Phi) is 5.56. The topological polar surface area (TPSA) is 55.2 Å². The van der Waals surface area contributed by atoms with Gasteiger partial charge in [0.15, 0.2) is 0 Å². The van der Waals surface area contributed by atoms with Crippen LogP contribution in [0.4, 0.5) is 5.69 Å². The molecule has 1 rings (SSSR count). The van der Waals surface area contributed by atoms with Gasteiger partial charge in [-0.15, -0.1) is 0 Å². The van der Waals surface area contributed by atoms with Crippen molar-refractivity contribution in [2.75, 3.05) is 7.05 Å². The second kappa shape index (κ2) is 6.71. The van der Waals surface area contributed by atoms with Gasteiger partial charge in [0.25, 0.3) is 5.69 Å². The third-order valence-electron chi connectivity index (χ3n) is 3.31. The van der Waals surface area contributed by atoms with E-state index >= 15 is 0 Å². The molecule has 0 aromatic heterocycles. The summed E-state index contributed by atoms with van der Waals surface area (Å²) in [6.07, 6.45) is 1.59. The first kappa shape index (κ1) is 14.9. The maximum atomic E-state index is 11.0. The molecule has 0 bridgehead atoms. The highest BCUT2D eigenvalue weighted by molar-refractivity contribution is 6.31. The molecule has 2 unspecified atom stereocenters. The number of rotatable bonds is 6. The average molecular weight is 271 g/mol. The highest BCUT2D eigenvalue weighted by atomic mass is 35.5. The second-order valence-electron chi connectivity index (χ2n) is 4.48. The SMILES string of the molecule is CCC(NC)C(C)Cc1c(Cl)cccc1[N+](=O)[O-]. The molecule has 0 aliphatic rings. The monoisotopic (exact) mass is 270 g/mol. The number of nitro groups is 1. The molecule has 0 fully saturated rings. The lowest BCUT2D eigenvalue weighted by Gasteiger charge is -2.22. The number of nitrogens with one attached hydrogen (secondary N) is 1. The van der Waals surface area contributed by atoms with Crippen LogP contribution in [0.15, 0.2) is 18.2 Å². The molecule has 1 aromatic carbocycles. The largest absolute Gasteiger partial charge is 0.317 e. The fourth-order valence-corrected chi connectivity index (χ4v) is 2.52. The van der Waals surface area contributed by atoms with Gasteiger partial charge >= 0.3 is 0 Å². The Labute approximate surface area is 112 Å². The molecule has 0 radical (unpaired) electrons. The molecule has 18 heavy (non-hydrogen) atoms. The smallest absolute Gasteiger partial charge is 0.274 e. The standard InChI is InChI=1S/C13H19ClN2O2/c1-4-12(15-3)9(2)8-10-11(14)6-5-7-13(10)16(17)18/h5-7,9,12,15H,4,8H2,1-3H3. The lowest BCUT2D eigenvalue weighted by Crippen LogP contribution is -2.32. The minimum Gasteiger partial charge on any atom is -0.317 e. The van der Waals surface area contributed by atoms with Gasteiger partial charge in [-0.05, 0) is 31.9 Å². The second-order valence-corrected chi connectivity index (χ2v) is 4.89. The van der Waals surface area contributed by atoms with E-state index in [1.54, 1.807) is 12.1 Å². The zero-order valence-electron chi connectivity index (χ0n) is 10.9. The van der Waals surface area contributed by atoms with Gasteiger partial charge < -0.3 is 5.32 Å². The molecule has 0 aliphatic carbocycles. The Bertz CT molecular complexity index is 419. The molecule has 2 atom stereocenters. The molecule has 1 N–H and O–H groups in total. The summed E-state index contributed by atoms with van der Waals surface area (Å²) in [5, 5.41) is 14.7. The molecule has 0 aliphatic heterocycles. The van der Waals surface area contributed by atoms with Crippen LogP contribution in [0.25, 0.3) is 0 Å². The van der Waals surface area contributed by atoms with Crippen LogP contribution in [0.1, 0.15) is 25.8 Å². The predicted octanol–water partition coefficient (Wildman–Crippen LogP) is 3.42. The summed E-state index contributed by atoms with van der Waals surface area (Å²) in [4.78, 5) is 10.6. The maximum absolute atomic E-state index is 11.0. The van der Waals surface area contributed by atoms with E-state index in [1.807, 2.05) is 7.05 Å². The van der Waals surface area contributed by atoms with Crippen molar-refractivity contribution >= 4 is 17.3 Å². The zero-order chi connectivity index (χ0) is 13.7. The fraction of sp³-hybridized carbons (Fsp3) is 0.538. The van der Waals surface area contributed by atoms with E-state index in [9.17, 15) is 10.1 Å². The van der Waals surface area contributed by atoms with E-state index < -0.39 is 0 Å². The molecular weight excluding hydrogens is 252 g/mol. The minimum atomic E-state index is -0.367. The number of hydrogen-bond donors (Lipinski definition) is 1. The summed E-state index contributed by atoms with van der Waals surface area (Å²) in [6.45, 7) is 4.18. The Balaban J connectivity index is 2.99. The van der Waals surface area contributed by atoms with Crippen LogP contribution in [-0.4, -0.2) is 18.0 Å². The molecular formula is C13H19ClN2O2. The summed E-state index contributed by atoms with van der Waals surface area (Å²) >= 11 is 6.08. The summed E-state index contributed by atoms with van der Waals surface area (Å²) < 4.78 is 0. The van der Waals surface area contributed by atoms with Crippen molar-refractivity contribution in [2.24, 2.45) is 5.92 Å². The Morgan fingerprint density at radius 1 is 1.50 bits per heavy atom. The van der Waals surface area contributed by atoms with Gasteiger partial charge in [-0.1, -0.05) is 31.5 Å². The van der Waals surface area contributed by atoms with Crippen molar-refractivity contribution in [3.8, 4) is 0 Å². The summed E-state index contributed by atoms with van der Waals surface area (Å²) in [5.41, 5.74) is 0.741. The number of hydrogen-bond acceptors (Lipinski definition) is 3. The molecule has 1 aromatic rings. The van der Waals surface area contributed by atoms with Crippen molar-refractivity contribution in [1.29, 1.82) is 0 Å².